The smallest absolute Gasteiger partial charge is 0.222 e. The first-order valence-corrected chi connectivity index (χ1v) is 5.18. The first-order valence-electron chi connectivity index (χ1n) is 5.18. The fraction of sp³-hybridized carbons (Fsp3) is 0.900. The van der Waals surface area contributed by atoms with Crippen molar-refractivity contribution in [2.75, 3.05) is 32.9 Å². The van der Waals surface area contributed by atoms with Crippen LogP contribution in [-0.2, 0) is 9.53 Å². The number of rotatable bonds is 2. The molecule has 2 saturated heterocycles. The van der Waals surface area contributed by atoms with Crippen molar-refractivity contribution >= 4 is 5.91 Å². The van der Waals surface area contributed by atoms with Crippen LogP contribution in [0, 0.1) is 11.3 Å². The minimum atomic E-state index is 0.0690. The Kier molecular flexibility index (Phi) is 2.49. The van der Waals surface area contributed by atoms with Crippen LogP contribution in [0.1, 0.15) is 13.3 Å². The summed E-state index contributed by atoms with van der Waals surface area (Å²) in [4.78, 5) is 13.4. The maximum absolute atomic E-state index is 11.5. The van der Waals surface area contributed by atoms with Gasteiger partial charge in [-0.15, -0.1) is 0 Å². The first kappa shape index (κ1) is 9.93. The molecule has 1 N–H and O–H groups in total. The average Bonchev–Trinajstić information content (AvgIpc) is 2.55. The summed E-state index contributed by atoms with van der Waals surface area (Å²) in [5.41, 5.74) is 0.0690. The number of carbonyl (C=O) groups excluding carboxylic acids is 1. The van der Waals surface area contributed by atoms with Crippen molar-refractivity contribution in [2.24, 2.45) is 11.3 Å². The van der Waals surface area contributed by atoms with Gasteiger partial charge in [-0.2, -0.15) is 0 Å². The van der Waals surface area contributed by atoms with E-state index in [-0.39, 0.29) is 23.8 Å². The molecule has 14 heavy (non-hydrogen) atoms. The molecule has 2 fully saturated rings. The minimum absolute atomic E-state index is 0.0690. The lowest BCUT2D eigenvalue weighted by Crippen LogP contribution is -2.50. The normalized spacial score (nSPS) is 29.3. The molecule has 0 aromatic heterocycles. The van der Waals surface area contributed by atoms with Gasteiger partial charge in [0.15, 0.2) is 0 Å². The van der Waals surface area contributed by atoms with Crippen LogP contribution in [0.25, 0.3) is 0 Å². The molecule has 2 rings (SSSR count). The quantitative estimate of drug-likeness (QED) is 0.673. The molecular weight excluding hydrogens is 182 g/mol. The van der Waals surface area contributed by atoms with E-state index in [1.807, 2.05) is 11.8 Å². The van der Waals surface area contributed by atoms with Crippen molar-refractivity contribution < 1.29 is 14.6 Å². The summed E-state index contributed by atoms with van der Waals surface area (Å²) in [6, 6.07) is 0. The van der Waals surface area contributed by atoms with Gasteiger partial charge in [0.05, 0.1) is 13.2 Å². The highest BCUT2D eigenvalue weighted by Crippen LogP contribution is 2.42. The number of carbonyl (C=O) groups is 1. The predicted molar refractivity (Wildman–Crippen MR) is 50.7 cm³/mol. The second-order valence-corrected chi connectivity index (χ2v) is 4.36. The van der Waals surface area contributed by atoms with E-state index < -0.39 is 0 Å². The zero-order valence-corrected chi connectivity index (χ0v) is 8.53. The highest BCUT2D eigenvalue weighted by Gasteiger charge is 2.52. The van der Waals surface area contributed by atoms with Gasteiger partial charge in [0.2, 0.25) is 5.91 Å². The van der Waals surface area contributed by atoms with E-state index in [2.05, 4.69) is 0 Å². The van der Waals surface area contributed by atoms with E-state index in [0.717, 1.165) is 6.54 Å². The number of likely N-dealkylation sites (tertiary alicyclic amines) is 1. The summed E-state index contributed by atoms with van der Waals surface area (Å²) in [6.07, 6.45) is 0.551. The van der Waals surface area contributed by atoms with Gasteiger partial charge in [0, 0.05) is 37.5 Å². The maximum Gasteiger partial charge on any atom is 0.222 e. The molecule has 80 valence electrons. The molecule has 0 saturated carbocycles. The Morgan fingerprint density at radius 3 is 2.71 bits per heavy atom. The van der Waals surface area contributed by atoms with E-state index in [9.17, 15) is 9.90 Å². The SMILES string of the molecule is CCC(=O)N1CC(CO)C2(COC2)C1. The molecule has 2 heterocycles. The molecule has 2 aliphatic rings. The van der Waals surface area contributed by atoms with Gasteiger partial charge in [0.25, 0.3) is 0 Å². The van der Waals surface area contributed by atoms with E-state index in [1.54, 1.807) is 0 Å². The molecule has 0 radical (unpaired) electrons. The zero-order chi connectivity index (χ0) is 10.2. The van der Waals surface area contributed by atoms with Gasteiger partial charge in [-0.05, 0) is 0 Å². The summed E-state index contributed by atoms with van der Waals surface area (Å²) >= 11 is 0. The zero-order valence-electron chi connectivity index (χ0n) is 8.53. The number of aliphatic hydroxyl groups excluding tert-OH is 1. The van der Waals surface area contributed by atoms with Crippen LogP contribution in [-0.4, -0.2) is 48.8 Å². The molecular formula is C10H17NO3. The average molecular weight is 199 g/mol. The van der Waals surface area contributed by atoms with E-state index >= 15 is 0 Å². The molecule has 0 bridgehead atoms. The van der Waals surface area contributed by atoms with E-state index in [0.29, 0.717) is 26.2 Å². The molecule has 4 heteroatoms. The molecule has 2 aliphatic heterocycles. The Balaban J connectivity index is 2.04. The molecule has 1 atom stereocenters. The second-order valence-electron chi connectivity index (χ2n) is 4.36. The first-order chi connectivity index (χ1) is 6.72. The summed E-state index contributed by atoms with van der Waals surface area (Å²) in [6.45, 7) is 4.91. The summed E-state index contributed by atoms with van der Waals surface area (Å²) in [5, 5.41) is 9.25. The van der Waals surface area contributed by atoms with Crippen molar-refractivity contribution in [1.29, 1.82) is 0 Å². The number of aliphatic hydroxyl groups is 1. The van der Waals surface area contributed by atoms with Crippen LogP contribution in [0.5, 0.6) is 0 Å². The third-order valence-corrected chi connectivity index (χ3v) is 3.47. The molecule has 1 unspecified atom stereocenters. The van der Waals surface area contributed by atoms with Gasteiger partial charge in [-0.25, -0.2) is 0 Å². The van der Waals surface area contributed by atoms with Gasteiger partial charge < -0.3 is 14.7 Å². The molecule has 1 amide bonds. The summed E-state index contributed by atoms with van der Waals surface area (Å²) in [5.74, 6) is 0.402. The fourth-order valence-electron chi connectivity index (χ4n) is 2.39. The molecule has 1 spiro atoms. The number of ether oxygens (including phenoxy) is 1. The van der Waals surface area contributed by atoms with E-state index in [1.165, 1.54) is 0 Å². The largest absolute Gasteiger partial charge is 0.396 e. The number of amides is 1. The van der Waals surface area contributed by atoms with Crippen molar-refractivity contribution in [1.82, 2.24) is 4.90 Å². The molecule has 0 aromatic rings. The Hall–Kier alpha value is -0.610. The maximum atomic E-state index is 11.5. The van der Waals surface area contributed by atoms with Crippen LogP contribution < -0.4 is 0 Å². The predicted octanol–water partition coefficient (Wildman–Crippen LogP) is -0.136. The molecule has 0 aliphatic carbocycles. The lowest BCUT2D eigenvalue weighted by Gasteiger charge is -2.41. The second kappa shape index (κ2) is 3.51. The highest BCUT2D eigenvalue weighted by atomic mass is 16.5. The van der Waals surface area contributed by atoms with Crippen molar-refractivity contribution in [3.8, 4) is 0 Å². The fourth-order valence-corrected chi connectivity index (χ4v) is 2.39. The Bertz CT molecular complexity index is 238. The topological polar surface area (TPSA) is 49.8 Å². The Morgan fingerprint density at radius 2 is 2.36 bits per heavy atom. The van der Waals surface area contributed by atoms with Gasteiger partial charge in [-0.3, -0.25) is 4.79 Å². The van der Waals surface area contributed by atoms with E-state index in [4.69, 9.17) is 4.74 Å². The third kappa shape index (κ3) is 1.33. The van der Waals surface area contributed by atoms with Gasteiger partial charge in [-0.1, -0.05) is 6.92 Å². The monoisotopic (exact) mass is 199 g/mol. The van der Waals surface area contributed by atoms with Crippen LogP contribution in [0.4, 0.5) is 0 Å². The highest BCUT2D eigenvalue weighted by molar-refractivity contribution is 5.76. The number of nitrogens with zero attached hydrogens (tertiary/aromatic N) is 1. The van der Waals surface area contributed by atoms with Crippen LogP contribution >= 0.6 is 0 Å². The lowest BCUT2D eigenvalue weighted by molar-refractivity contribution is -0.141. The molecule has 0 aromatic carbocycles. The van der Waals surface area contributed by atoms with Gasteiger partial charge >= 0.3 is 0 Å². The van der Waals surface area contributed by atoms with Gasteiger partial charge in [0.1, 0.15) is 0 Å². The Labute approximate surface area is 83.8 Å². The number of hydrogen-bond donors (Lipinski definition) is 1. The van der Waals surface area contributed by atoms with Crippen molar-refractivity contribution in [2.45, 2.75) is 13.3 Å². The minimum Gasteiger partial charge on any atom is -0.396 e. The third-order valence-electron chi connectivity index (χ3n) is 3.47. The lowest BCUT2D eigenvalue weighted by atomic mass is 9.77. The van der Waals surface area contributed by atoms with Crippen LogP contribution in [0.15, 0.2) is 0 Å². The molecule has 4 nitrogen and oxygen atoms in total. The summed E-state index contributed by atoms with van der Waals surface area (Å²) < 4.78 is 5.20. The van der Waals surface area contributed by atoms with Crippen molar-refractivity contribution in [3.05, 3.63) is 0 Å². The van der Waals surface area contributed by atoms with Crippen molar-refractivity contribution in [3.63, 3.8) is 0 Å². The standard InChI is InChI=1S/C10H17NO3/c1-2-9(13)11-3-8(4-12)10(5-11)6-14-7-10/h8,12H,2-7H2,1H3. The number of hydrogen-bond acceptors (Lipinski definition) is 3. The van der Waals surface area contributed by atoms with Crippen LogP contribution in [0.3, 0.4) is 0 Å². The van der Waals surface area contributed by atoms with Crippen LogP contribution in [0.2, 0.25) is 0 Å². The summed E-state index contributed by atoms with van der Waals surface area (Å²) in [7, 11) is 0. The Morgan fingerprint density at radius 1 is 1.64 bits per heavy atom.